The molecule has 4 aromatic carbocycles. The van der Waals surface area contributed by atoms with Crippen LogP contribution in [0.2, 0.25) is 0 Å². The molecule has 1 heterocycles. The van der Waals surface area contributed by atoms with Crippen LogP contribution in [0.15, 0.2) is 90.3 Å². The van der Waals surface area contributed by atoms with Gasteiger partial charge in [-0.3, -0.25) is 0 Å². The number of allylic oxidation sites excluding steroid dienone is 1. The number of fused-ring (bicyclic) bond motifs is 1. The van der Waals surface area contributed by atoms with Crippen molar-refractivity contribution in [1.29, 1.82) is 5.26 Å². The van der Waals surface area contributed by atoms with E-state index in [2.05, 4.69) is 6.07 Å². The van der Waals surface area contributed by atoms with Gasteiger partial charge >= 0.3 is 5.97 Å². The van der Waals surface area contributed by atoms with Gasteiger partial charge in [-0.1, -0.05) is 36.4 Å². The highest BCUT2D eigenvalue weighted by atomic mass is 19.1. The van der Waals surface area contributed by atoms with E-state index in [9.17, 15) is 14.4 Å². The Morgan fingerprint density at radius 2 is 1.72 bits per heavy atom. The molecule has 0 saturated carbocycles. The van der Waals surface area contributed by atoms with Crippen molar-refractivity contribution in [2.24, 2.45) is 5.73 Å². The summed E-state index contributed by atoms with van der Waals surface area (Å²) < 4.78 is 42.3. The number of carbonyl (C=O) groups is 1. The summed E-state index contributed by atoms with van der Waals surface area (Å²) in [5.41, 5.74) is 10.1. The number of methoxy groups -OCH3 is 1. The summed E-state index contributed by atoms with van der Waals surface area (Å²) in [4.78, 5) is 12.5. The molecule has 1 atom stereocenters. The minimum absolute atomic E-state index is 0.00987. The summed E-state index contributed by atoms with van der Waals surface area (Å²) in [6.07, 6.45) is 0. The first kappa shape index (κ1) is 29.0. The molecule has 0 fully saturated rings. The van der Waals surface area contributed by atoms with E-state index in [1.165, 1.54) is 13.2 Å². The number of nitrogens with two attached hydrogens (primary N) is 1. The maximum absolute atomic E-state index is 14.1. The smallest absolute Gasteiger partial charge is 0.349 e. The highest BCUT2D eigenvalue weighted by Crippen LogP contribution is 2.45. The first-order chi connectivity index (χ1) is 20.7. The SMILES string of the molecule is COc1cc(C2C(C#N)=C(N)Oc3cc(OC(=O)COc4cc(C)cc(C)c4)ccc32)ccc1OCc1ccccc1F. The number of rotatable bonds is 9. The largest absolute Gasteiger partial charge is 0.493 e. The Balaban J connectivity index is 1.36. The third kappa shape index (κ3) is 6.54. The summed E-state index contributed by atoms with van der Waals surface area (Å²) in [6.45, 7) is 3.62. The third-order valence-electron chi connectivity index (χ3n) is 6.84. The van der Waals surface area contributed by atoms with Gasteiger partial charge in [-0.25, -0.2) is 9.18 Å². The van der Waals surface area contributed by atoms with Crippen LogP contribution in [-0.4, -0.2) is 19.7 Å². The molecule has 8 nitrogen and oxygen atoms in total. The van der Waals surface area contributed by atoms with Crippen LogP contribution >= 0.6 is 0 Å². The number of hydrogen-bond acceptors (Lipinski definition) is 8. The van der Waals surface area contributed by atoms with Crippen LogP contribution < -0.4 is 29.4 Å². The van der Waals surface area contributed by atoms with Gasteiger partial charge < -0.3 is 29.4 Å². The maximum atomic E-state index is 14.1. The minimum Gasteiger partial charge on any atom is -0.493 e. The van der Waals surface area contributed by atoms with Crippen molar-refractivity contribution in [1.82, 2.24) is 0 Å². The lowest BCUT2D eigenvalue weighted by Gasteiger charge is -2.27. The van der Waals surface area contributed by atoms with E-state index in [0.29, 0.717) is 39.7 Å². The average molecular weight is 581 g/mol. The van der Waals surface area contributed by atoms with Gasteiger partial charge in [0.1, 0.15) is 41.3 Å². The van der Waals surface area contributed by atoms with Gasteiger partial charge in [0.25, 0.3) is 0 Å². The summed E-state index contributed by atoms with van der Waals surface area (Å²) in [5, 5.41) is 9.95. The Morgan fingerprint density at radius 3 is 2.44 bits per heavy atom. The Labute approximate surface area is 248 Å². The number of esters is 1. The fourth-order valence-corrected chi connectivity index (χ4v) is 4.92. The van der Waals surface area contributed by atoms with Gasteiger partial charge in [-0.15, -0.1) is 0 Å². The van der Waals surface area contributed by atoms with E-state index in [0.717, 1.165) is 11.1 Å². The Bertz CT molecular complexity index is 1740. The predicted octanol–water partition coefficient (Wildman–Crippen LogP) is 6.23. The standard InChI is InChI=1S/C34H29FN2O6/c1-20-12-21(2)14-25(13-20)40-19-32(38)42-24-9-10-26-30(16-24)43-34(37)27(17-36)33(26)22-8-11-29(31(15-22)39-3)41-18-23-6-4-5-7-28(23)35/h4-16,33H,18-19,37H2,1-3H3. The molecule has 1 aliphatic rings. The molecule has 43 heavy (non-hydrogen) atoms. The number of aryl methyl sites for hydroxylation is 2. The zero-order chi connectivity index (χ0) is 30.5. The van der Waals surface area contributed by atoms with Crippen molar-refractivity contribution in [2.45, 2.75) is 26.4 Å². The third-order valence-corrected chi connectivity index (χ3v) is 6.84. The number of carbonyl (C=O) groups excluding carboxylic acids is 1. The summed E-state index contributed by atoms with van der Waals surface area (Å²) in [7, 11) is 1.49. The second-order valence-corrected chi connectivity index (χ2v) is 10.0. The number of nitrogens with zero attached hydrogens (tertiary/aromatic N) is 1. The lowest BCUT2D eigenvalue weighted by Crippen LogP contribution is -2.22. The first-order valence-electron chi connectivity index (χ1n) is 13.4. The predicted molar refractivity (Wildman–Crippen MR) is 157 cm³/mol. The van der Waals surface area contributed by atoms with Crippen molar-refractivity contribution >= 4 is 5.97 Å². The zero-order valence-corrected chi connectivity index (χ0v) is 23.8. The summed E-state index contributed by atoms with van der Waals surface area (Å²) in [6, 6.07) is 24.3. The second-order valence-electron chi connectivity index (χ2n) is 10.0. The van der Waals surface area contributed by atoms with E-state index in [-0.39, 0.29) is 36.2 Å². The van der Waals surface area contributed by atoms with E-state index >= 15 is 0 Å². The van der Waals surface area contributed by atoms with E-state index in [1.807, 2.05) is 32.0 Å². The molecule has 1 unspecified atom stereocenters. The van der Waals surface area contributed by atoms with E-state index < -0.39 is 11.9 Å². The topological polar surface area (TPSA) is 113 Å². The first-order valence-corrected chi connectivity index (χ1v) is 13.4. The van der Waals surface area contributed by atoms with Gasteiger partial charge in [-0.05, 0) is 66.9 Å². The normalized spacial score (nSPS) is 13.8. The molecule has 0 aromatic heterocycles. The van der Waals surface area contributed by atoms with Crippen LogP contribution in [0.5, 0.6) is 28.7 Å². The van der Waals surface area contributed by atoms with Gasteiger partial charge in [0, 0.05) is 17.2 Å². The van der Waals surface area contributed by atoms with Crippen molar-refractivity contribution in [3.05, 3.63) is 124 Å². The molecule has 0 saturated heterocycles. The van der Waals surface area contributed by atoms with Gasteiger partial charge in [0.05, 0.1) is 13.0 Å². The molecule has 4 aromatic rings. The monoisotopic (exact) mass is 580 g/mol. The number of halogens is 1. The number of ether oxygens (including phenoxy) is 5. The Kier molecular flexibility index (Phi) is 8.49. The van der Waals surface area contributed by atoms with E-state index in [1.54, 1.807) is 54.6 Å². The van der Waals surface area contributed by atoms with Crippen molar-refractivity contribution in [3.8, 4) is 34.8 Å². The fourth-order valence-electron chi connectivity index (χ4n) is 4.92. The fraction of sp³-hybridized carbons (Fsp3) is 0.176. The quantitative estimate of drug-likeness (QED) is 0.183. The van der Waals surface area contributed by atoms with E-state index in [4.69, 9.17) is 29.4 Å². The van der Waals surface area contributed by atoms with Gasteiger partial charge in [-0.2, -0.15) is 5.26 Å². The lowest BCUT2D eigenvalue weighted by atomic mass is 9.83. The average Bonchev–Trinajstić information content (AvgIpc) is 2.98. The second kappa shape index (κ2) is 12.6. The van der Waals surface area contributed by atoms with Gasteiger partial charge in [0.2, 0.25) is 5.88 Å². The zero-order valence-electron chi connectivity index (χ0n) is 23.8. The number of hydrogen-bond donors (Lipinski definition) is 1. The van der Waals surface area contributed by atoms with Crippen molar-refractivity contribution in [3.63, 3.8) is 0 Å². The summed E-state index contributed by atoms with van der Waals surface area (Å²) >= 11 is 0. The van der Waals surface area contributed by atoms with Crippen LogP contribution in [0.3, 0.4) is 0 Å². The van der Waals surface area contributed by atoms with Crippen LogP contribution in [0.1, 0.15) is 33.7 Å². The molecular weight excluding hydrogens is 551 g/mol. The molecule has 0 spiro atoms. The summed E-state index contributed by atoms with van der Waals surface area (Å²) in [5.74, 6) is 0.316. The van der Waals surface area contributed by atoms with Crippen LogP contribution in [0, 0.1) is 31.0 Å². The molecule has 1 aliphatic heterocycles. The number of nitriles is 1. The molecule has 2 N–H and O–H groups in total. The molecule has 0 bridgehead atoms. The molecule has 218 valence electrons. The molecule has 9 heteroatoms. The Morgan fingerprint density at radius 1 is 0.953 bits per heavy atom. The molecular formula is C34H29FN2O6. The molecule has 0 aliphatic carbocycles. The highest BCUT2D eigenvalue weighted by Gasteiger charge is 2.32. The molecule has 0 amide bonds. The number of benzene rings is 4. The van der Waals surface area contributed by atoms with Crippen molar-refractivity contribution < 1.29 is 32.9 Å². The van der Waals surface area contributed by atoms with Crippen LogP contribution in [0.25, 0.3) is 0 Å². The maximum Gasteiger partial charge on any atom is 0.349 e. The Hall–Kier alpha value is -5.49. The lowest BCUT2D eigenvalue weighted by molar-refractivity contribution is -0.136. The minimum atomic E-state index is -0.596. The van der Waals surface area contributed by atoms with Gasteiger partial charge in [0.15, 0.2) is 18.1 Å². The van der Waals surface area contributed by atoms with Crippen molar-refractivity contribution in [2.75, 3.05) is 13.7 Å². The highest BCUT2D eigenvalue weighted by molar-refractivity contribution is 5.74. The molecule has 5 rings (SSSR count). The van der Waals surface area contributed by atoms with Crippen LogP contribution in [-0.2, 0) is 11.4 Å². The molecule has 0 radical (unpaired) electrons. The van der Waals surface area contributed by atoms with Crippen LogP contribution in [0.4, 0.5) is 4.39 Å².